The number of allylic oxidation sites excluding steroid dienone is 7. The number of aliphatic hydroxyl groups is 1. The molecule has 8 nitrogen and oxygen atoms in total. The predicted molar refractivity (Wildman–Crippen MR) is 244 cm³/mol. The number of hydrogen-bond donors (Lipinski definition) is 3. The van der Waals surface area contributed by atoms with E-state index >= 15 is 0 Å². The lowest BCUT2D eigenvalue weighted by atomic mass is 10.1. The maximum atomic E-state index is 12.9. The largest absolute Gasteiger partial charge is 0.472 e. The van der Waals surface area contributed by atoms with Gasteiger partial charge in [0.05, 0.1) is 39.9 Å². The van der Waals surface area contributed by atoms with E-state index in [1.165, 1.54) is 135 Å². The molecule has 0 aliphatic rings. The standard InChI is InChI=1S/C48H91N2O6P/c1-6-8-10-12-14-16-18-20-22-23-24-25-26-28-30-32-34-36-38-40-42-48(52)49-46(45-56-57(53,54)55-44-43-50(3,4)5)47(51)41-39-37-35-33-31-29-27-21-19-17-15-13-11-9-7-2/h19,21,24-25,31,33,39,41,46-47,51H,6-18,20,22-23,26-30,32,34-38,40,42-45H2,1-5H3,(H-,49,52,53,54)/p+1/b21-19+,25-24-,33-31+,41-39+. The minimum Gasteiger partial charge on any atom is -0.387 e. The summed E-state index contributed by atoms with van der Waals surface area (Å²) < 4.78 is 23.5. The molecule has 3 N–H and O–H groups in total. The molecule has 0 heterocycles. The molecule has 0 spiro atoms. The molecule has 0 aliphatic heterocycles. The molecule has 0 fully saturated rings. The Hall–Kier alpha value is -1.54. The summed E-state index contributed by atoms with van der Waals surface area (Å²) in [5, 5.41) is 13.8. The quantitative estimate of drug-likeness (QED) is 0.0245. The number of quaternary nitrogens is 1. The third-order valence-corrected chi connectivity index (χ3v) is 11.2. The maximum Gasteiger partial charge on any atom is 0.472 e. The van der Waals surface area contributed by atoms with Crippen molar-refractivity contribution < 1.29 is 32.9 Å². The molecule has 0 aliphatic carbocycles. The molecule has 0 saturated heterocycles. The third kappa shape index (κ3) is 42.4. The van der Waals surface area contributed by atoms with Crippen molar-refractivity contribution in [3.8, 4) is 0 Å². The number of rotatable bonds is 42. The van der Waals surface area contributed by atoms with E-state index in [-0.39, 0.29) is 19.1 Å². The van der Waals surface area contributed by atoms with Gasteiger partial charge in [-0.1, -0.05) is 172 Å². The van der Waals surface area contributed by atoms with Crippen molar-refractivity contribution in [3.05, 3.63) is 48.6 Å². The molecule has 1 amide bonds. The molecular weight excluding hydrogens is 732 g/mol. The van der Waals surface area contributed by atoms with Gasteiger partial charge in [0.2, 0.25) is 5.91 Å². The average molecular weight is 824 g/mol. The van der Waals surface area contributed by atoms with Gasteiger partial charge in [0.15, 0.2) is 0 Å². The Morgan fingerprint density at radius 1 is 0.579 bits per heavy atom. The van der Waals surface area contributed by atoms with Crippen LogP contribution in [0.25, 0.3) is 0 Å². The van der Waals surface area contributed by atoms with Crippen LogP contribution < -0.4 is 5.32 Å². The Labute approximate surface area is 352 Å². The van der Waals surface area contributed by atoms with Gasteiger partial charge in [0, 0.05) is 6.42 Å². The number of unbranched alkanes of at least 4 members (excludes halogenated alkanes) is 23. The van der Waals surface area contributed by atoms with Gasteiger partial charge in [0.1, 0.15) is 13.2 Å². The Balaban J connectivity index is 4.43. The minimum atomic E-state index is -4.35. The number of nitrogens with zero attached hydrogens (tertiary/aromatic N) is 1. The fraction of sp³-hybridized carbons (Fsp3) is 0.812. The van der Waals surface area contributed by atoms with Crippen LogP contribution in [0.15, 0.2) is 48.6 Å². The van der Waals surface area contributed by atoms with Gasteiger partial charge in [-0.3, -0.25) is 13.8 Å². The van der Waals surface area contributed by atoms with Crippen molar-refractivity contribution in [3.63, 3.8) is 0 Å². The van der Waals surface area contributed by atoms with Crippen LogP contribution in [0.2, 0.25) is 0 Å². The maximum absolute atomic E-state index is 12.9. The first-order chi connectivity index (χ1) is 27.5. The first-order valence-corrected chi connectivity index (χ1v) is 25.0. The fourth-order valence-corrected chi connectivity index (χ4v) is 7.21. The highest BCUT2D eigenvalue weighted by molar-refractivity contribution is 7.47. The highest BCUT2D eigenvalue weighted by Crippen LogP contribution is 2.43. The number of phosphoric ester groups is 1. The Bertz CT molecular complexity index is 1070. The molecule has 0 aromatic rings. The van der Waals surface area contributed by atoms with Crippen LogP contribution >= 0.6 is 7.82 Å². The van der Waals surface area contributed by atoms with Crippen molar-refractivity contribution in [2.24, 2.45) is 0 Å². The number of amides is 1. The predicted octanol–water partition coefficient (Wildman–Crippen LogP) is 13.2. The van der Waals surface area contributed by atoms with E-state index in [9.17, 15) is 19.4 Å². The van der Waals surface area contributed by atoms with Gasteiger partial charge < -0.3 is 19.8 Å². The molecule has 0 rings (SSSR count). The van der Waals surface area contributed by atoms with E-state index in [0.717, 1.165) is 44.9 Å². The second kappa shape index (κ2) is 39.9. The molecule has 0 aromatic heterocycles. The number of hydrogen-bond acceptors (Lipinski definition) is 5. The van der Waals surface area contributed by atoms with E-state index in [4.69, 9.17) is 9.05 Å². The van der Waals surface area contributed by atoms with E-state index in [1.807, 2.05) is 27.2 Å². The summed E-state index contributed by atoms with van der Waals surface area (Å²) in [6.45, 7) is 4.76. The van der Waals surface area contributed by atoms with Crippen LogP contribution in [0.1, 0.15) is 200 Å². The van der Waals surface area contributed by atoms with Crippen molar-refractivity contribution >= 4 is 13.7 Å². The van der Waals surface area contributed by atoms with E-state index < -0.39 is 20.0 Å². The van der Waals surface area contributed by atoms with Crippen LogP contribution in [0.3, 0.4) is 0 Å². The Morgan fingerprint density at radius 2 is 0.965 bits per heavy atom. The van der Waals surface area contributed by atoms with Crippen LogP contribution in [0, 0.1) is 0 Å². The molecule has 9 heteroatoms. The monoisotopic (exact) mass is 824 g/mol. The van der Waals surface area contributed by atoms with Crippen LogP contribution in [0.4, 0.5) is 0 Å². The van der Waals surface area contributed by atoms with Gasteiger partial charge >= 0.3 is 7.82 Å². The van der Waals surface area contributed by atoms with Crippen LogP contribution in [-0.4, -0.2) is 73.4 Å². The van der Waals surface area contributed by atoms with Crippen molar-refractivity contribution in [1.82, 2.24) is 5.32 Å². The molecule has 0 bridgehead atoms. The zero-order valence-electron chi connectivity index (χ0n) is 37.8. The summed E-state index contributed by atoms with van der Waals surface area (Å²) in [6, 6.07) is -0.871. The number of phosphoric acid groups is 1. The number of aliphatic hydroxyl groups excluding tert-OH is 1. The van der Waals surface area contributed by atoms with Gasteiger partial charge in [-0.15, -0.1) is 0 Å². The molecule has 3 unspecified atom stereocenters. The summed E-state index contributed by atoms with van der Waals surface area (Å²) in [7, 11) is 1.54. The SMILES string of the molecule is CCCCCCC/C=C/CC/C=C/CC/C=C/C(O)C(COP(=O)(O)OCC[N+](C)(C)C)NC(=O)CCCCCCCCC/C=C\CCCCCCCCCCC. The summed E-state index contributed by atoms with van der Waals surface area (Å²) in [5.74, 6) is -0.197. The van der Waals surface area contributed by atoms with Crippen molar-refractivity contribution in [1.29, 1.82) is 0 Å². The van der Waals surface area contributed by atoms with E-state index in [1.54, 1.807) is 6.08 Å². The molecule has 334 valence electrons. The number of likely N-dealkylation sites (N-methyl/N-ethyl adjacent to an activating group) is 1. The second-order valence-corrected chi connectivity index (χ2v) is 18.6. The normalized spacial score (nSPS) is 14.7. The van der Waals surface area contributed by atoms with Gasteiger partial charge in [-0.25, -0.2) is 4.57 Å². The Morgan fingerprint density at radius 3 is 1.40 bits per heavy atom. The molecule has 0 saturated carbocycles. The topological polar surface area (TPSA) is 105 Å². The van der Waals surface area contributed by atoms with Gasteiger partial charge in [0.25, 0.3) is 0 Å². The molecule has 57 heavy (non-hydrogen) atoms. The molecule has 0 radical (unpaired) electrons. The highest BCUT2D eigenvalue weighted by atomic mass is 31.2. The zero-order valence-corrected chi connectivity index (χ0v) is 38.7. The average Bonchev–Trinajstić information content (AvgIpc) is 3.16. The number of carbonyl (C=O) groups is 1. The number of carbonyl (C=O) groups excluding carboxylic acids is 1. The lowest BCUT2D eigenvalue weighted by Crippen LogP contribution is -2.45. The third-order valence-electron chi connectivity index (χ3n) is 10.2. The molecular formula is C48H92N2O6P+. The first-order valence-electron chi connectivity index (χ1n) is 23.5. The molecule has 3 atom stereocenters. The fourth-order valence-electron chi connectivity index (χ4n) is 6.48. The zero-order chi connectivity index (χ0) is 42.1. The van der Waals surface area contributed by atoms with E-state index in [0.29, 0.717) is 17.4 Å². The highest BCUT2D eigenvalue weighted by Gasteiger charge is 2.27. The minimum absolute atomic E-state index is 0.0518. The summed E-state index contributed by atoms with van der Waals surface area (Å²) in [4.78, 5) is 23.1. The van der Waals surface area contributed by atoms with Crippen molar-refractivity contribution in [2.45, 2.75) is 212 Å². The lowest BCUT2D eigenvalue weighted by molar-refractivity contribution is -0.870. The van der Waals surface area contributed by atoms with Crippen LogP contribution in [-0.2, 0) is 18.4 Å². The second-order valence-electron chi connectivity index (χ2n) is 17.1. The first kappa shape index (κ1) is 55.5. The Kier molecular flexibility index (Phi) is 38.8. The summed E-state index contributed by atoms with van der Waals surface area (Å²) in [5.41, 5.74) is 0. The van der Waals surface area contributed by atoms with E-state index in [2.05, 4.69) is 55.6 Å². The summed E-state index contributed by atoms with van der Waals surface area (Å²) >= 11 is 0. The number of nitrogens with one attached hydrogen (secondary N) is 1. The smallest absolute Gasteiger partial charge is 0.387 e. The van der Waals surface area contributed by atoms with Gasteiger partial charge in [-0.2, -0.15) is 0 Å². The van der Waals surface area contributed by atoms with Gasteiger partial charge in [-0.05, 0) is 70.6 Å². The lowest BCUT2D eigenvalue weighted by Gasteiger charge is -2.25. The van der Waals surface area contributed by atoms with Crippen LogP contribution in [0.5, 0.6) is 0 Å². The molecule has 0 aromatic carbocycles. The summed E-state index contributed by atoms with van der Waals surface area (Å²) in [6.07, 6.45) is 50.4. The van der Waals surface area contributed by atoms with Crippen molar-refractivity contribution in [2.75, 3.05) is 40.9 Å².